The van der Waals surface area contributed by atoms with E-state index in [0.29, 0.717) is 5.69 Å². The standard InChI is InChI=1S/C19H29FN6/c1-5-16(18-21-22-23-26(18)19(3,4)6-2)24-11-13-25(14-12-24)17-10-8-7-9-15(17)20/h7-10,16H,5-6,11-14H2,1-4H3/t16-/m1/s1. The Morgan fingerprint density at radius 2 is 1.81 bits per heavy atom. The van der Waals surface area contributed by atoms with Crippen molar-refractivity contribution in [2.75, 3.05) is 31.1 Å². The van der Waals surface area contributed by atoms with E-state index in [1.807, 2.05) is 16.8 Å². The minimum atomic E-state index is -0.151. The van der Waals surface area contributed by atoms with Crippen LogP contribution in [-0.2, 0) is 5.54 Å². The number of hydrogen-bond acceptors (Lipinski definition) is 5. The molecular weight excluding hydrogens is 331 g/mol. The highest BCUT2D eigenvalue weighted by Crippen LogP contribution is 2.29. The summed E-state index contributed by atoms with van der Waals surface area (Å²) in [5, 5.41) is 12.6. The number of halogens is 1. The van der Waals surface area contributed by atoms with Crippen molar-refractivity contribution in [1.82, 2.24) is 25.1 Å². The molecule has 7 heteroatoms. The number of anilines is 1. The first-order chi connectivity index (χ1) is 12.5. The Labute approximate surface area is 155 Å². The molecule has 3 rings (SSSR count). The van der Waals surface area contributed by atoms with E-state index in [4.69, 9.17) is 0 Å². The third kappa shape index (κ3) is 3.58. The van der Waals surface area contributed by atoms with E-state index in [2.05, 4.69) is 53.0 Å². The lowest BCUT2D eigenvalue weighted by atomic mass is 10.0. The molecule has 142 valence electrons. The predicted octanol–water partition coefficient (Wildman–Crippen LogP) is 3.23. The van der Waals surface area contributed by atoms with Gasteiger partial charge in [-0.2, -0.15) is 0 Å². The maximum absolute atomic E-state index is 14.1. The Kier molecular flexibility index (Phi) is 5.55. The minimum Gasteiger partial charge on any atom is -0.367 e. The Hall–Kier alpha value is -2.02. The molecule has 2 aromatic rings. The fraction of sp³-hybridized carbons (Fsp3) is 0.632. The highest BCUT2D eigenvalue weighted by Gasteiger charge is 2.32. The number of hydrogen-bond donors (Lipinski definition) is 0. The van der Waals surface area contributed by atoms with Crippen LogP contribution in [0.2, 0.25) is 0 Å². The number of piperazine rings is 1. The van der Waals surface area contributed by atoms with Crippen LogP contribution in [0.25, 0.3) is 0 Å². The summed E-state index contributed by atoms with van der Waals surface area (Å²) in [6.45, 7) is 12.0. The summed E-state index contributed by atoms with van der Waals surface area (Å²) in [4.78, 5) is 4.54. The number of para-hydroxylation sites is 1. The van der Waals surface area contributed by atoms with Crippen molar-refractivity contribution in [3.8, 4) is 0 Å². The molecular formula is C19H29FN6. The summed E-state index contributed by atoms with van der Waals surface area (Å²) in [5.74, 6) is 0.778. The molecule has 1 aliphatic heterocycles. The third-order valence-corrected chi connectivity index (χ3v) is 5.57. The Morgan fingerprint density at radius 3 is 2.42 bits per heavy atom. The summed E-state index contributed by atoms with van der Waals surface area (Å²) in [7, 11) is 0. The Balaban J connectivity index is 1.74. The first kappa shape index (κ1) is 18.8. The molecule has 1 aromatic carbocycles. The van der Waals surface area contributed by atoms with Crippen LogP contribution in [0.15, 0.2) is 24.3 Å². The molecule has 0 amide bonds. The third-order valence-electron chi connectivity index (χ3n) is 5.57. The minimum absolute atomic E-state index is 0.110. The van der Waals surface area contributed by atoms with Crippen LogP contribution in [0.5, 0.6) is 0 Å². The monoisotopic (exact) mass is 360 g/mol. The quantitative estimate of drug-likeness (QED) is 0.792. The van der Waals surface area contributed by atoms with E-state index in [9.17, 15) is 4.39 Å². The summed E-state index contributed by atoms with van der Waals surface area (Å²) in [6, 6.07) is 7.18. The smallest absolute Gasteiger partial charge is 0.168 e. The first-order valence-electron chi connectivity index (χ1n) is 9.50. The number of rotatable bonds is 6. The van der Waals surface area contributed by atoms with E-state index < -0.39 is 0 Å². The van der Waals surface area contributed by atoms with Gasteiger partial charge in [-0.15, -0.1) is 5.10 Å². The van der Waals surface area contributed by atoms with Crippen molar-refractivity contribution in [3.63, 3.8) is 0 Å². The van der Waals surface area contributed by atoms with Crippen LogP contribution >= 0.6 is 0 Å². The van der Waals surface area contributed by atoms with Gasteiger partial charge in [0.2, 0.25) is 0 Å². The Bertz CT molecular complexity index is 720. The van der Waals surface area contributed by atoms with E-state index in [0.717, 1.165) is 44.8 Å². The van der Waals surface area contributed by atoms with Gasteiger partial charge in [-0.3, -0.25) is 4.90 Å². The van der Waals surface area contributed by atoms with Crippen molar-refractivity contribution in [3.05, 3.63) is 35.9 Å². The molecule has 1 aromatic heterocycles. The van der Waals surface area contributed by atoms with Gasteiger partial charge >= 0.3 is 0 Å². The summed E-state index contributed by atoms with van der Waals surface area (Å²) < 4.78 is 16.0. The zero-order valence-corrected chi connectivity index (χ0v) is 16.2. The molecule has 0 N–H and O–H groups in total. The number of tetrazole rings is 1. The molecule has 0 radical (unpaired) electrons. The van der Waals surface area contributed by atoms with Crippen molar-refractivity contribution in [2.45, 2.75) is 52.1 Å². The average Bonchev–Trinajstić information content (AvgIpc) is 3.14. The largest absolute Gasteiger partial charge is 0.367 e. The van der Waals surface area contributed by atoms with Crippen molar-refractivity contribution < 1.29 is 4.39 Å². The van der Waals surface area contributed by atoms with Crippen LogP contribution in [0.3, 0.4) is 0 Å². The van der Waals surface area contributed by atoms with Gasteiger partial charge in [0, 0.05) is 26.2 Å². The average molecular weight is 360 g/mol. The van der Waals surface area contributed by atoms with Crippen LogP contribution in [0.4, 0.5) is 10.1 Å². The number of aromatic nitrogens is 4. The van der Waals surface area contributed by atoms with Gasteiger partial charge in [-0.1, -0.05) is 26.0 Å². The van der Waals surface area contributed by atoms with Crippen LogP contribution in [0, 0.1) is 5.82 Å². The zero-order valence-electron chi connectivity index (χ0n) is 16.2. The summed E-state index contributed by atoms with van der Waals surface area (Å²) in [5.41, 5.74) is 0.582. The first-order valence-corrected chi connectivity index (χ1v) is 9.50. The lowest BCUT2D eigenvalue weighted by molar-refractivity contribution is 0.158. The molecule has 1 fully saturated rings. The fourth-order valence-corrected chi connectivity index (χ4v) is 3.57. The van der Waals surface area contributed by atoms with Gasteiger partial charge in [-0.05, 0) is 49.2 Å². The van der Waals surface area contributed by atoms with E-state index in [1.54, 1.807) is 6.07 Å². The SMILES string of the molecule is CC[C@H](c1nnnn1C(C)(C)CC)N1CCN(c2ccccc2F)CC1. The second-order valence-corrected chi connectivity index (χ2v) is 7.51. The molecule has 0 saturated carbocycles. The predicted molar refractivity (Wildman–Crippen MR) is 101 cm³/mol. The van der Waals surface area contributed by atoms with Crippen molar-refractivity contribution in [1.29, 1.82) is 0 Å². The second kappa shape index (κ2) is 7.70. The van der Waals surface area contributed by atoms with Crippen molar-refractivity contribution in [2.24, 2.45) is 0 Å². The van der Waals surface area contributed by atoms with Gasteiger partial charge in [0.15, 0.2) is 5.82 Å². The summed E-state index contributed by atoms with van der Waals surface area (Å²) >= 11 is 0. The Morgan fingerprint density at radius 1 is 1.12 bits per heavy atom. The van der Waals surface area contributed by atoms with Crippen molar-refractivity contribution >= 4 is 5.69 Å². The molecule has 0 spiro atoms. The second-order valence-electron chi connectivity index (χ2n) is 7.51. The van der Waals surface area contributed by atoms with Gasteiger partial charge in [0.05, 0.1) is 17.3 Å². The molecule has 1 atom stereocenters. The highest BCUT2D eigenvalue weighted by molar-refractivity contribution is 5.48. The number of nitrogens with zero attached hydrogens (tertiary/aromatic N) is 6. The fourth-order valence-electron chi connectivity index (χ4n) is 3.57. The number of benzene rings is 1. The maximum Gasteiger partial charge on any atom is 0.168 e. The van der Waals surface area contributed by atoms with Gasteiger partial charge in [0.1, 0.15) is 5.82 Å². The van der Waals surface area contributed by atoms with E-state index in [-0.39, 0.29) is 17.4 Å². The van der Waals surface area contributed by atoms with Gasteiger partial charge in [0.25, 0.3) is 0 Å². The van der Waals surface area contributed by atoms with Crippen LogP contribution in [-0.4, -0.2) is 51.3 Å². The van der Waals surface area contributed by atoms with E-state index in [1.165, 1.54) is 6.07 Å². The molecule has 0 bridgehead atoms. The van der Waals surface area contributed by atoms with Gasteiger partial charge < -0.3 is 4.90 Å². The topological polar surface area (TPSA) is 50.1 Å². The lowest BCUT2D eigenvalue weighted by Crippen LogP contribution is -2.48. The molecule has 2 heterocycles. The van der Waals surface area contributed by atoms with Crippen LogP contribution < -0.4 is 4.90 Å². The highest BCUT2D eigenvalue weighted by atomic mass is 19.1. The lowest BCUT2D eigenvalue weighted by Gasteiger charge is -2.40. The molecule has 26 heavy (non-hydrogen) atoms. The van der Waals surface area contributed by atoms with Crippen LogP contribution in [0.1, 0.15) is 52.4 Å². The zero-order chi connectivity index (χ0) is 18.7. The molecule has 1 saturated heterocycles. The van der Waals surface area contributed by atoms with Gasteiger partial charge in [-0.25, -0.2) is 9.07 Å². The normalized spacial score (nSPS) is 17.5. The maximum atomic E-state index is 14.1. The molecule has 0 unspecified atom stereocenters. The molecule has 6 nitrogen and oxygen atoms in total. The molecule has 1 aliphatic rings. The van der Waals surface area contributed by atoms with E-state index >= 15 is 0 Å². The summed E-state index contributed by atoms with van der Waals surface area (Å²) in [6.07, 6.45) is 1.91. The molecule has 0 aliphatic carbocycles.